The number of carbonyl (C=O) groups is 3. The molecular formula is C13H16N2O4. The van der Waals surface area contributed by atoms with Gasteiger partial charge in [0.05, 0.1) is 12.5 Å². The van der Waals surface area contributed by atoms with Crippen molar-refractivity contribution in [3.8, 4) is 0 Å². The van der Waals surface area contributed by atoms with Crippen molar-refractivity contribution < 1.29 is 19.1 Å². The molecule has 6 nitrogen and oxygen atoms in total. The highest BCUT2D eigenvalue weighted by atomic mass is 16.5. The lowest BCUT2D eigenvalue weighted by atomic mass is 10.1. The van der Waals surface area contributed by atoms with Gasteiger partial charge in [0, 0.05) is 7.05 Å². The van der Waals surface area contributed by atoms with Gasteiger partial charge < -0.3 is 15.8 Å². The van der Waals surface area contributed by atoms with Crippen LogP contribution < -0.4 is 11.1 Å². The molecule has 0 bridgehead atoms. The van der Waals surface area contributed by atoms with E-state index in [1.165, 1.54) is 7.05 Å². The Kier molecular flexibility index (Phi) is 5.69. The van der Waals surface area contributed by atoms with Crippen molar-refractivity contribution in [1.82, 2.24) is 5.32 Å². The van der Waals surface area contributed by atoms with Gasteiger partial charge in [-0.3, -0.25) is 14.4 Å². The van der Waals surface area contributed by atoms with Crippen LogP contribution in [0.1, 0.15) is 12.0 Å². The van der Waals surface area contributed by atoms with Gasteiger partial charge >= 0.3 is 5.97 Å². The molecule has 0 aromatic heterocycles. The van der Waals surface area contributed by atoms with E-state index in [1.54, 1.807) is 0 Å². The molecule has 1 aromatic carbocycles. The summed E-state index contributed by atoms with van der Waals surface area (Å²) in [7, 11) is 1.32. The Morgan fingerprint density at radius 3 is 2.47 bits per heavy atom. The van der Waals surface area contributed by atoms with E-state index in [-0.39, 0.29) is 13.0 Å². The number of carbonyl (C=O) groups excluding carboxylic acids is 3. The van der Waals surface area contributed by atoms with E-state index >= 15 is 0 Å². The molecule has 1 unspecified atom stereocenters. The van der Waals surface area contributed by atoms with Crippen LogP contribution in [0.4, 0.5) is 0 Å². The summed E-state index contributed by atoms with van der Waals surface area (Å²) in [6.45, 7) is 0.112. The second-order valence-electron chi connectivity index (χ2n) is 3.90. The number of benzene rings is 1. The van der Waals surface area contributed by atoms with E-state index in [9.17, 15) is 14.4 Å². The lowest BCUT2D eigenvalue weighted by Gasteiger charge is -2.09. The Balaban J connectivity index is 2.39. The zero-order valence-corrected chi connectivity index (χ0v) is 10.6. The number of Topliss-reactive ketones (excluding diaryl/α,β-unsaturated/α-hetero) is 1. The van der Waals surface area contributed by atoms with Gasteiger partial charge in [-0.2, -0.15) is 0 Å². The number of hydrogen-bond acceptors (Lipinski definition) is 5. The highest BCUT2D eigenvalue weighted by molar-refractivity contribution is 6.38. The van der Waals surface area contributed by atoms with Crippen molar-refractivity contribution in [1.29, 1.82) is 0 Å². The predicted octanol–water partition coefficient (Wildman–Crippen LogP) is -0.238. The van der Waals surface area contributed by atoms with E-state index in [0.29, 0.717) is 0 Å². The molecule has 0 spiro atoms. The summed E-state index contributed by atoms with van der Waals surface area (Å²) in [6, 6.07) is 7.94. The Morgan fingerprint density at radius 2 is 1.89 bits per heavy atom. The zero-order valence-electron chi connectivity index (χ0n) is 10.6. The number of esters is 1. The van der Waals surface area contributed by atoms with Crippen molar-refractivity contribution in [2.45, 2.75) is 19.1 Å². The Morgan fingerprint density at radius 1 is 1.26 bits per heavy atom. The fourth-order valence-corrected chi connectivity index (χ4v) is 1.36. The molecule has 0 aliphatic rings. The summed E-state index contributed by atoms with van der Waals surface area (Å²) >= 11 is 0. The van der Waals surface area contributed by atoms with Crippen LogP contribution in [0.25, 0.3) is 0 Å². The molecule has 102 valence electrons. The quantitative estimate of drug-likeness (QED) is 0.546. The van der Waals surface area contributed by atoms with Gasteiger partial charge in [0.2, 0.25) is 5.78 Å². The summed E-state index contributed by atoms with van der Waals surface area (Å²) in [5.74, 6) is -2.27. The second-order valence-corrected chi connectivity index (χ2v) is 3.90. The van der Waals surface area contributed by atoms with E-state index in [4.69, 9.17) is 10.5 Å². The summed E-state index contributed by atoms with van der Waals surface area (Å²) in [5, 5.41) is 2.16. The molecule has 0 fully saturated rings. The first-order valence-corrected chi connectivity index (χ1v) is 5.75. The number of hydrogen-bond donors (Lipinski definition) is 2. The third-order valence-corrected chi connectivity index (χ3v) is 2.42. The molecule has 19 heavy (non-hydrogen) atoms. The minimum atomic E-state index is -1.18. The Labute approximate surface area is 110 Å². The van der Waals surface area contributed by atoms with Gasteiger partial charge in [-0.1, -0.05) is 30.3 Å². The first kappa shape index (κ1) is 14.8. The molecule has 0 heterocycles. The summed E-state index contributed by atoms with van der Waals surface area (Å²) < 4.78 is 4.96. The molecule has 6 heteroatoms. The molecule has 0 saturated carbocycles. The average Bonchev–Trinajstić information content (AvgIpc) is 2.44. The van der Waals surface area contributed by atoms with E-state index in [2.05, 4.69) is 5.32 Å². The Bertz CT molecular complexity index is 459. The maximum absolute atomic E-state index is 11.5. The van der Waals surface area contributed by atoms with Gasteiger partial charge in [0.25, 0.3) is 5.91 Å². The third-order valence-electron chi connectivity index (χ3n) is 2.42. The topological polar surface area (TPSA) is 98.5 Å². The van der Waals surface area contributed by atoms with Gasteiger partial charge in [0.15, 0.2) is 0 Å². The van der Waals surface area contributed by atoms with E-state index in [0.717, 1.165) is 5.56 Å². The summed E-state index contributed by atoms with van der Waals surface area (Å²) in [5.41, 5.74) is 6.29. The van der Waals surface area contributed by atoms with E-state index in [1.807, 2.05) is 30.3 Å². The molecule has 3 N–H and O–H groups in total. The number of ether oxygens (including phenoxy) is 1. The summed E-state index contributed by atoms with van der Waals surface area (Å²) in [6.07, 6.45) is -0.320. The number of nitrogens with two attached hydrogens (primary N) is 1. The van der Waals surface area contributed by atoms with Crippen LogP contribution in [0.2, 0.25) is 0 Å². The van der Waals surface area contributed by atoms with Gasteiger partial charge in [0.1, 0.15) is 6.61 Å². The molecule has 0 saturated heterocycles. The van der Waals surface area contributed by atoms with Gasteiger partial charge in [-0.05, 0) is 5.56 Å². The van der Waals surface area contributed by atoms with Crippen LogP contribution in [-0.4, -0.2) is 30.7 Å². The molecule has 0 aliphatic carbocycles. The van der Waals surface area contributed by atoms with Crippen molar-refractivity contribution in [2.75, 3.05) is 7.05 Å². The van der Waals surface area contributed by atoms with Crippen LogP contribution in [0.15, 0.2) is 30.3 Å². The SMILES string of the molecule is CNC(=O)C(=O)C(N)CC(=O)OCc1ccccc1. The molecule has 1 rings (SSSR count). The van der Waals surface area contributed by atoms with Crippen LogP contribution >= 0.6 is 0 Å². The van der Waals surface area contributed by atoms with Crippen LogP contribution in [0.5, 0.6) is 0 Å². The van der Waals surface area contributed by atoms with Crippen molar-refractivity contribution in [3.63, 3.8) is 0 Å². The highest BCUT2D eigenvalue weighted by Gasteiger charge is 2.23. The molecule has 1 amide bonds. The van der Waals surface area contributed by atoms with Crippen LogP contribution in [0, 0.1) is 0 Å². The number of ketones is 1. The largest absolute Gasteiger partial charge is 0.461 e. The molecule has 0 aliphatic heterocycles. The van der Waals surface area contributed by atoms with Crippen molar-refractivity contribution in [2.24, 2.45) is 5.73 Å². The fourth-order valence-electron chi connectivity index (χ4n) is 1.36. The maximum Gasteiger partial charge on any atom is 0.308 e. The lowest BCUT2D eigenvalue weighted by molar-refractivity contribution is -0.147. The van der Waals surface area contributed by atoms with Gasteiger partial charge in [-0.25, -0.2) is 0 Å². The minimum Gasteiger partial charge on any atom is -0.461 e. The van der Waals surface area contributed by atoms with Crippen LogP contribution in [0.3, 0.4) is 0 Å². The second kappa shape index (κ2) is 7.27. The van der Waals surface area contributed by atoms with Crippen LogP contribution in [-0.2, 0) is 25.7 Å². The van der Waals surface area contributed by atoms with Gasteiger partial charge in [-0.15, -0.1) is 0 Å². The first-order valence-electron chi connectivity index (χ1n) is 5.75. The molecule has 0 radical (unpaired) electrons. The first-order chi connectivity index (χ1) is 9.04. The monoisotopic (exact) mass is 264 g/mol. The summed E-state index contributed by atoms with van der Waals surface area (Å²) in [4.78, 5) is 33.8. The third kappa shape index (κ3) is 4.89. The molecule has 1 aromatic rings. The standard InChI is InChI=1S/C13H16N2O4/c1-15-13(18)12(17)10(14)7-11(16)19-8-9-5-3-2-4-6-9/h2-6,10H,7-8,14H2,1H3,(H,15,18). The highest BCUT2D eigenvalue weighted by Crippen LogP contribution is 2.02. The fraction of sp³-hybridized carbons (Fsp3) is 0.308. The zero-order chi connectivity index (χ0) is 14.3. The molecular weight excluding hydrogens is 248 g/mol. The lowest BCUT2D eigenvalue weighted by Crippen LogP contribution is -2.42. The normalized spacial score (nSPS) is 11.5. The maximum atomic E-state index is 11.5. The van der Waals surface area contributed by atoms with E-state index < -0.39 is 23.7 Å². The Hall–Kier alpha value is -2.21. The number of amides is 1. The molecule has 1 atom stereocenters. The smallest absolute Gasteiger partial charge is 0.308 e. The minimum absolute atomic E-state index is 0.112. The number of rotatable bonds is 6. The van der Waals surface area contributed by atoms with Crippen molar-refractivity contribution in [3.05, 3.63) is 35.9 Å². The number of nitrogens with one attached hydrogen (secondary N) is 1. The number of likely N-dealkylation sites (N-methyl/N-ethyl adjacent to an activating group) is 1. The average molecular weight is 264 g/mol. The predicted molar refractivity (Wildman–Crippen MR) is 67.9 cm³/mol. The van der Waals surface area contributed by atoms with Crippen molar-refractivity contribution >= 4 is 17.7 Å².